The second-order valence-electron chi connectivity index (χ2n) is 4.24. The number of hydrogen-bond acceptors (Lipinski definition) is 4. The van der Waals surface area contributed by atoms with Crippen LogP contribution >= 0.6 is 0 Å². The number of rotatable bonds is 5. The highest BCUT2D eigenvalue weighted by Crippen LogP contribution is 2.13. The Morgan fingerprint density at radius 1 is 1.26 bits per heavy atom. The van der Waals surface area contributed by atoms with Gasteiger partial charge in [0, 0.05) is 25.4 Å². The molecule has 5 heteroatoms. The number of nitrogens with zero attached hydrogens (tertiary/aromatic N) is 2. The zero-order chi connectivity index (χ0) is 13.7. The van der Waals surface area contributed by atoms with Gasteiger partial charge in [-0.1, -0.05) is 18.2 Å². The van der Waals surface area contributed by atoms with Gasteiger partial charge >= 0.3 is 0 Å². The van der Waals surface area contributed by atoms with Gasteiger partial charge in [-0.2, -0.15) is 4.98 Å². The van der Waals surface area contributed by atoms with Crippen molar-refractivity contribution in [1.29, 1.82) is 0 Å². The Labute approximate surface area is 112 Å². The highest BCUT2D eigenvalue weighted by atomic mass is 19.1. The van der Waals surface area contributed by atoms with Gasteiger partial charge in [0.1, 0.15) is 11.6 Å². The van der Waals surface area contributed by atoms with Crippen molar-refractivity contribution < 1.29 is 4.39 Å². The molecule has 0 aliphatic carbocycles. The number of hydrogen-bond donors (Lipinski definition) is 2. The highest BCUT2D eigenvalue weighted by molar-refractivity contribution is 5.46. The first-order chi connectivity index (χ1) is 9.20. The van der Waals surface area contributed by atoms with E-state index in [1.807, 2.05) is 13.0 Å². The van der Waals surface area contributed by atoms with Crippen LogP contribution < -0.4 is 10.6 Å². The molecule has 1 aromatic heterocycles. The van der Waals surface area contributed by atoms with Crippen LogP contribution in [-0.2, 0) is 6.42 Å². The summed E-state index contributed by atoms with van der Waals surface area (Å²) in [5, 5.41) is 6.10. The summed E-state index contributed by atoms with van der Waals surface area (Å²) in [6.07, 6.45) is 2.37. The molecule has 0 atom stereocenters. The highest BCUT2D eigenvalue weighted by Gasteiger charge is 2.04. The summed E-state index contributed by atoms with van der Waals surface area (Å²) in [4.78, 5) is 8.43. The molecule has 1 heterocycles. The topological polar surface area (TPSA) is 49.8 Å². The van der Waals surface area contributed by atoms with E-state index in [2.05, 4.69) is 20.6 Å². The van der Waals surface area contributed by atoms with Gasteiger partial charge in [-0.15, -0.1) is 0 Å². The molecule has 19 heavy (non-hydrogen) atoms. The Kier molecular flexibility index (Phi) is 4.28. The summed E-state index contributed by atoms with van der Waals surface area (Å²) in [7, 11) is 1.77. The summed E-state index contributed by atoms with van der Waals surface area (Å²) in [5.74, 6) is 1.18. The Balaban J connectivity index is 1.98. The fourth-order valence-electron chi connectivity index (χ4n) is 1.76. The third-order valence-corrected chi connectivity index (χ3v) is 2.84. The molecule has 0 saturated heterocycles. The molecule has 4 nitrogen and oxygen atoms in total. The molecule has 0 amide bonds. The Hall–Kier alpha value is -2.17. The van der Waals surface area contributed by atoms with E-state index >= 15 is 0 Å². The molecule has 2 aromatic rings. The van der Waals surface area contributed by atoms with Crippen molar-refractivity contribution in [3.63, 3.8) is 0 Å². The minimum Gasteiger partial charge on any atom is -0.369 e. The van der Waals surface area contributed by atoms with Crippen LogP contribution in [0.25, 0.3) is 0 Å². The first kappa shape index (κ1) is 13.3. The minimum absolute atomic E-state index is 0.167. The molecule has 0 aliphatic rings. The van der Waals surface area contributed by atoms with Crippen molar-refractivity contribution in [2.24, 2.45) is 0 Å². The Morgan fingerprint density at radius 3 is 2.79 bits per heavy atom. The average molecular weight is 260 g/mol. The first-order valence-corrected chi connectivity index (χ1v) is 6.19. The number of nitrogens with one attached hydrogen (secondary N) is 2. The van der Waals surface area contributed by atoms with Crippen LogP contribution in [0.5, 0.6) is 0 Å². The van der Waals surface area contributed by atoms with E-state index in [4.69, 9.17) is 0 Å². The second kappa shape index (κ2) is 6.13. The number of benzene rings is 1. The van der Waals surface area contributed by atoms with Crippen molar-refractivity contribution in [3.8, 4) is 0 Å². The van der Waals surface area contributed by atoms with E-state index in [0.717, 1.165) is 11.4 Å². The fraction of sp³-hybridized carbons (Fsp3) is 0.286. The monoisotopic (exact) mass is 260 g/mol. The SMILES string of the molecule is CNc1ncc(C)c(NCCc2ccccc2F)n1. The van der Waals surface area contributed by atoms with Gasteiger partial charge in [-0.05, 0) is 25.0 Å². The molecule has 0 aliphatic heterocycles. The quantitative estimate of drug-likeness (QED) is 0.867. The van der Waals surface area contributed by atoms with E-state index in [1.54, 1.807) is 25.4 Å². The molecule has 2 N–H and O–H groups in total. The lowest BCUT2D eigenvalue weighted by molar-refractivity contribution is 0.610. The van der Waals surface area contributed by atoms with Crippen molar-refractivity contribution in [2.45, 2.75) is 13.3 Å². The van der Waals surface area contributed by atoms with Crippen LogP contribution in [-0.4, -0.2) is 23.6 Å². The maximum Gasteiger partial charge on any atom is 0.224 e. The zero-order valence-electron chi connectivity index (χ0n) is 11.1. The molecule has 2 rings (SSSR count). The number of anilines is 2. The zero-order valence-corrected chi connectivity index (χ0v) is 11.1. The molecule has 0 radical (unpaired) electrons. The summed E-state index contributed by atoms with van der Waals surface area (Å²) in [6.45, 7) is 2.56. The van der Waals surface area contributed by atoms with Gasteiger partial charge in [-0.25, -0.2) is 9.37 Å². The van der Waals surface area contributed by atoms with Crippen LogP contribution in [0.1, 0.15) is 11.1 Å². The van der Waals surface area contributed by atoms with E-state index in [-0.39, 0.29) is 5.82 Å². The minimum atomic E-state index is -0.167. The van der Waals surface area contributed by atoms with Gasteiger partial charge in [0.05, 0.1) is 0 Å². The standard InChI is InChI=1S/C14H17FN4/c1-10-9-18-14(16-2)19-13(10)17-8-7-11-5-3-4-6-12(11)15/h3-6,9H,7-8H2,1-2H3,(H2,16,17,18,19). The molecule has 1 aromatic carbocycles. The molecule has 0 fully saturated rings. The van der Waals surface area contributed by atoms with Crippen molar-refractivity contribution in [1.82, 2.24) is 9.97 Å². The molecule has 0 spiro atoms. The normalized spacial score (nSPS) is 10.3. The van der Waals surface area contributed by atoms with Gasteiger partial charge in [0.2, 0.25) is 5.95 Å². The number of aromatic nitrogens is 2. The third-order valence-electron chi connectivity index (χ3n) is 2.84. The van der Waals surface area contributed by atoms with Crippen molar-refractivity contribution in [3.05, 3.63) is 47.4 Å². The maximum absolute atomic E-state index is 13.4. The molecule has 0 unspecified atom stereocenters. The fourth-order valence-corrected chi connectivity index (χ4v) is 1.76. The van der Waals surface area contributed by atoms with E-state index in [9.17, 15) is 4.39 Å². The average Bonchev–Trinajstić information content (AvgIpc) is 2.43. The molecule has 0 bridgehead atoms. The first-order valence-electron chi connectivity index (χ1n) is 6.19. The summed E-state index contributed by atoms with van der Waals surface area (Å²) < 4.78 is 13.4. The lowest BCUT2D eigenvalue weighted by atomic mass is 10.1. The summed E-state index contributed by atoms with van der Waals surface area (Å²) >= 11 is 0. The van der Waals surface area contributed by atoms with Crippen LogP contribution in [0.2, 0.25) is 0 Å². The van der Waals surface area contributed by atoms with Crippen molar-refractivity contribution >= 4 is 11.8 Å². The van der Waals surface area contributed by atoms with Crippen LogP contribution in [0.4, 0.5) is 16.2 Å². The summed E-state index contributed by atoms with van der Waals surface area (Å²) in [5.41, 5.74) is 1.67. The van der Waals surface area contributed by atoms with E-state index in [1.165, 1.54) is 6.07 Å². The van der Waals surface area contributed by atoms with Gasteiger partial charge < -0.3 is 10.6 Å². The molecular weight excluding hydrogens is 243 g/mol. The Bertz CT molecular complexity index is 557. The van der Waals surface area contributed by atoms with E-state index in [0.29, 0.717) is 24.5 Å². The van der Waals surface area contributed by atoms with Crippen LogP contribution in [0.3, 0.4) is 0 Å². The lowest BCUT2D eigenvalue weighted by Gasteiger charge is -2.10. The largest absolute Gasteiger partial charge is 0.369 e. The predicted molar refractivity (Wildman–Crippen MR) is 74.9 cm³/mol. The molecule has 100 valence electrons. The number of halogens is 1. The lowest BCUT2D eigenvalue weighted by Crippen LogP contribution is -2.10. The second-order valence-corrected chi connectivity index (χ2v) is 4.24. The molecular formula is C14H17FN4. The van der Waals surface area contributed by atoms with Gasteiger partial charge in [0.25, 0.3) is 0 Å². The third kappa shape index (κ3) is 3.40. The number of aryl methyl sites for hydroxylation is 1. The van der Waals surface area contributed by atoms with Crippen LogP contribution in [0, 0.1) is 12.7 Å². The van der Waals surface area contributed by atoms with Gasteiger partial charge in [-0.3, -0.25) is 0 Å². The van der Waals surface area contributed by atoms with Crippen LogP contribution in [0.15, 0.2) is 30.5 Å². The molecule has 0 saturated carbocycles. The summed E-state index contributed by atoms with van der Waals surface area (Å²) in [6, 6.07) is 6.81. The smallest absolute Gasteiger partial charge is 0.224 e. The maximum atomic E-state index is 13.4. The predicted octanol–water partition coefficient (Wildman–Crippen LogP) is 2.62. The van der Waals surface area contributed by atoms with E-state index < -0.39 is 0 Å². The van der Waals surface area contributed by atoms with Gasteiger partial charge in [0.15, 0.2) is 0 Å². The van der Waals surface area contributed by atoms with Crippen molar-refractivity contribution in [2.75, 3.05) is 24.2 Å². The Morgan fingerprint density at radius 2 is 2.05 bits per heavy atom.